The van der Waals surface area contributed by atoms with E-state index in [1.54, 1.807) is 23.1 Å². The lowest BCUT2D eigenvalue weighted by Gasteiger charge is -2.32. The molecule has 3 aromatic carbocycles. The van der Waals surface area contributed by atoms with E-state index in [1.165, 1.54) is 0 Å². The molecule has 35 heavy (non-hydrogen) atoms. The fourth-order valence-corrected chi connectivity index (χ4v) is 4.52. The molecule has 0 radical (unpaired) electrons. The summed E-state index contributed by atoms with van der Waals surface area (Å²) in [7, 11) is 0. The van der Waals surface area contributed by atoms with Gasteiger partial charge in [0.2, 0.25) is 11.8 Å². The third kappa shape index (κ3) is 7.58. The van der Waals surface area contributed by atoms with Crippen LogP contribution in [0.25, 0.3) is 0 Å². The van der Waals surface area contributed by atoms with Crippen LogP contribution in [0.15, 0.2) is 72.8 Å². The molecule has 3 aromatic rings. The molecule has 0 aromatic heterocycles. The zero-order chi connectivity index (χ0) is 25.2. The predicted octanol–water partition coefficient (Wildman–Crippen LogP) is 6.40. The quantitative estimate of drug-likeness (QED) is 0.303. The van der Waals surface area contributed by atoms with E-state index >= 15 is 0 Å². The lowest BCUT2D eigenvalue weighted by Crippen LogP contribution is -2.51. The minimum absolute atomic E-state index is 0.0118. The Morgan fingerprint density at radius 3 is 2.23 bits per heavy atom. The molecule has 6 heteroatoms. The van der Waals surface area contributed by atoms with E-state index in [1.807, 2.05) is 61.5 Å². The van der Waals surface area contributed by atoms with Gasteiger partial charge < -0.3 is 10.2 Å². The number of unbranched alkanes of at least 4 members (excludes halogenated alkanes) is 1. The monoisotopic (exact) mass is 510 g/mol. The highest BCUT2D eigenvalue weighted by Gasteiger charge is 2.31. The number of carbonyl (C=O) groups is 2. The number of amides is 2. The van der Waals surface area contributed by atoms with Crippen LogP contribution in [-0.4, -0.2) is 29.3 Å². The van der Waals surface area contributed by atoms with E-state index in [9.17, 15) is 9.59 Å². The minimum Gasteiger partial charge on any atom is -0.354 e. The molecule has 4 nitrogen and oxygen atoms in total. The Balaban J connectivity index is 1.99. The van der Waals surface area contributed by atoms with Gasteiger partial charge in [-0.3, -0.25) is 9.59 Å². The second-order valence-corrected chi connectivity index (χ2v) is 9.49. The number of nitrogens with one attached hydrogen (secondary N) is 1. The summed E-state index contributed by atoms with van der Waals surface area (Å²) in [6, 6.07) is 22.2. The Morgan fingerprint density at radius 1 is 0.914 bits per heavy atom. The van der Waals surface area contributed by atoms with Crippen LogP contribution < -0.4 is 5.32 Å². The molecule has 0 aliphatic carbocycles. The van der Waals surface area contributed by atoms with Gasteiger partial charge >= 0.3 is 0 Å². The molecule has 0 aliphatic rings. The number of rotatable bonds is 11. The second kappa shape index (κ2) is 13.3. The summed E-state index contributed by atoms with van der Waals surface area (Å²) in [5.41, 5.74) is 3.61. The third-order valence-corrected chi connectivity index (χ3v) is 6.80. The summed E-state index contributed by atoms with van der Waals surface area (Å²) in [6.45, 7) is 4.97. The minimum atomic E-state index is -0.678. The fourth-order valence-electron chi connectivity index (χ4n) is 3.99. The van der Waals surface area contributed by atoms with Crippen molar-refractivity contribution in [1.82, 2.24) is 10.2 Å². The van der Waals surface area contributed by atoms with Crippen LogP contribution >= 0.6 is 23.2 Å². The average Bonchev–Trinajstić information content (AvgIpc) is 2.85. The van der Waals surface area contributed by atoms with Gasteiger partial charge in [-0.05, 0) is 47.7 Å². The zero-order valence-electron chi connectivity index (χ0n) is 20.3. The predicted molar refractivity (Wildman–Crippen MR) is 144 cm³/mol. The summed E-state index contributed by atoms with van der Waals surface area (Å²) in [6.07, 6.45) is 2.27. The molecule has 1 atom stereocenters. The van der Waals surface area contributed by atoms with Crippen molar-refractivity contribution in [2.45, 2.75) is 52.1 Å². The largest absolute Gasteiger partial charge is 0.354 e. The highest BCUT2D eigenvalue weighted by molar-refractivity contribution is 6.36. The Bertz CT molecular complexity index is 1110. The molecule has 0 bridgehead atoms. The van der Waals surface area contributed by atoms with Gasteiger partial charge in [-0.2, -0.15) is 0 Å². The van der Waals surface area contributed by atoms with Gasteiger partial charge in [0.1, 0.15) is 6.04 Å². The highest BCUT2D eigenvalue weighted by Crippen LogP contribution is 2.26. The normalized spacial score (nSPS) is 11.7. The molecule has 0 spiro atoms. The summed E-state index contributed by atoms with van der Waals surface area (Å²) < 4.78 is 0. The summed E-state index contributed by atoms with van der Waals surface area (Å²) in [5, 5.41) is 3.92. The van der Waals surface area contributed by atoms with Crippen molar-refractivity contribution >= 4 is 35.0 Å². The van der Waals surface area contributed by atoms with Crippen LogP contribution in [0.4, 0.5) is 0 Å². The maximum atomic E-state index is 13.8. The topological polar surface area (TPSA) is 49.4 Å². The smallest absolute Gasteiger partial charge is 0.243 e. The molecule has 2 amide bonds. The molecule has 0 saturated heterocycles. The van der Waals surface area contributed by atoms with Crippen LogP contribution in [0.2, 0.25) is 10.0 Å². The van der Waals surface area contributed by atoms with Crippen LogP contribution in [0, 0.1) is 6.92 Å². The second-order valence-electron chi connectivity index (χ2n) is 8.68. The standard InChI is InChI=1S/C29H32Cl2N2O2/c1-3-4-17-32-29(35)27(18-22-12-6-5-7-13-22)33(20-23-14-9-8-11-21(23)2)28(34)19-24-25(30)15-10-16-26(24)31/h5-16,27H,3-4,17-20H2,1-2H3,(H,32,35)/t27-/m1/s1. The van der Waals surface area contributed by atoms with Crippen molar-refractivity contribution in [3.63, 3.8) is 0 Å². The molecular weight excluding hydrogens is 479 g/mol. The Morgan fingerprint density at radius 2 is 1.57 bits per heavy atom. The molecule has 0 saturated carbocycles. The van der Waals surface area contributed by atoms with Gasteiger partial charge in [-0.15, -0.1) is 0 Å². The van der Waals surface area contributed by atoms with Gasteiger partial charge in [0.15, 0.2) is 0 Å². The van der Waals surface area contributed by atoms with Crippen LogP contribution in [-0.2, 0) is 29.0 Å². The van der Waals surface area contributed by atoms with Crippen molar-refractivity contribution < 1.29 is 9.59 Å². The molecule has 184 valence electrons. The number of carbonyl (C=O) groups excluding carboxylic acids is 2. The van der Waals surface area contributed by atoms with E-state index < -0.39 is 6.04 Å². The number of aryl methyl sites for hydroxylation is 1. The summed E-state index contributed by atoms with van der Waals surface area (Å²) in [5.74, 6) is -0.357. The zero-order valence-corrected chi connectivity index (χ0v) is 21.8. The van der Waals surface area contributed by atoms with Gasteiger partial charge in [0.05, 0.1) is 6.42 Å². The molecule has 0 fully saturated rings. The third-order valence-electron chi connectivity index (χ3n) is 6.09. The van der Waals surface area contributed by atoms with Crippen LogP contribution in [0.3, 0.4) is 0 Å². The van der Waals surface area contributed by atoms with Crippen molar-refractivity contribution in [2.24, 2.45) is 0 Å². The molecule has 0 heterocycles. The van der Waals surface area contributed by atoms with Crippen LogP contribution in [0.1, 0.15) is 42.0 Å². The maximum absolute atomic E-state index is 13.8. The van der Waals surface area contributed by atoms with E-state index in [0.29, 0.717) is 35.1 Å². The lowest BCUT2D eigenvalue weighted by molar-refractivity contribution is -0.140. The molecule has 0 aliphatic heterocycles. The first-order chi connectivity index (χ1) is 16.9. The van der Waals surface area contributed by atoms with Crippen molar-refractivity contribution in [2.75, 3.05) is 6.54 Å². The number of hydrogen-bond acceptors (Lipinski definition) is 2. The molecule has 0 unspecified atom stereocenters. The first-order valence-corrected chi connectivity index (χ1v) is 12.7. The maximum Gasteiger partial charge on any atom is 0.243 e. The first kappa shape index (κ1) is 26.8. The van der Waals surface area contributed by atoms with Crippen molar-refractivity contribution in [1.29, 1.82) is 0 Å². The molecule has 3 rings (SSSR count). The molecule has 1 N–H and O–H groups in total. The number of hydrogen-bond donors (Lipinski definition) is 1. The van der Waals surface area contributed by atoms with Crippen LogP contribution in [0.5, 0.6) is 0 Å². The van der Waals surface area contributed by atoms with E-state index in [0.717, 1.165) is 29.5 Å². The van der Waals surface area contributed by atoms with Crippen molar-refractivity contribution in [3.8, 4) is 0 Å². The summed E-state index contributed by atoms with van der Waals surface area (Å²) >= 11 is 12.8. The fraction of sp³-hybridized carbons (Fsp3) is 0.310. The van der Waals surface area contributed by atoms with E-state index in [-0.39, 0.29) is 18.2 Å². The summed E-state index contributed by atoms with van der Waals surface area (Å²) in [4.78, 5) is 29.0. The lowest BCUT2D eigenvalue weighted by atomic mass is 10.0. The highest BCUT2D eigenvalue weighted by atomic mass is 35.5. The Labute approximate surface area is 218 Å². The first-order valence-electron chi connectivity index (χ1n) is 12.0. The van der Waals surface area contributed by atoms with Gasteiger partial charge in [0, 0.05) is 29.6 Å². The van der Waals surface area contributed by atoms with Gasteiger partial charge in [-0.25, -0.2) is 0 Å². The SMILES string of the molecule is CCCCNC(=O)[C@@H](Cc1ccccc1)N(Cc1ccccc1C)C(=O)Cc1c(Cl)cccc1Cl. The Hall–Kier alpha value is -2.82. The number of nitrogens with zero attached hydrogens (tertiary/aromatic N) is 1. The Kier molecular flexibility index (Phi) is 10.2. The number of halogens is 2. The average molecular weight is 511 g/mol. The molecular formula is C29H32Cl2N2O2. The van der Waals surface area contributed by atoms with E-state index in [4.69, 9.17) is 23.2 Å². The van der Waals surface area contributed by atoms with Gasteiger partial charge in [0.25, 0.3) is 0 Å². The number of benzene rings is 3. The van der Waals surface area contributed by atoms with Gasteiger partial charge in [-0.1, -0.05) is 97.2 Å². The van der Waals surface area contributed by atoms with E-state index in [2.05, 4.69) is 12.2 Å². The van der Waals surface area contributed by atoms with Crippen molar-refractivity contribution in [3.05, 3.63) is 105 Å².